The van der Waals surface area contributed by atoms with Crippen LogP contribution in [0.1, 0.15) is 35.6 Å². The summed E-state index contributed by atoms with van der Waals surface area (Å²) in [6, 6.07) is 6.70. The molecule has 0 saturated carbocycles. The van der Waals surface area contributed by atoms with Gasteiger partial charge in [0.25, 0.3) is 5.56 Å². The Balaban J connectivity index is 1.46. The Morgan fingerprint density at radius 2 is 1.74 bits per heavy atom. The highest BCUT2D eigenvalue weighted by molar-refractivity contribution is 5.71. The minimum atomic E-state index is -4.56. The molecule has 38 heavy (non-hydrogen) atoms. The molecule has 1 saturated heterocycles. The van der Waals surface area contributed by atoms with Gasteiger partial charge in [-0.2, -0.15) is 13.2 Å². The van der Waals surface area contributed by atoms with Crippen LogP contribution in [-0.4, -0.2) is 50.4 Å². The summed E-state index contributed by atoms with van der Waals surface area (Å²) in [6.07, 6.45) is 2.14. The Hall–Kier alpha value is -4.09. The van der Waals surface area contributed by atoms with Gasteiger partial charge in [0.05, 0.1) is 12.2 Å². The van der Waals surface area contributed by atoms with Crippen LogP contribution in [0.15, 0.2) is 53.8 Å². The molecule has 0 atom stereocenters. The van der Waals surface area contributed by atoms with Crippen molar-refractivity contribution in [3.8, 4) is 5.88 Å². The Morgan fingerprint density at radius 1 is 1.03 bits per heavy atom. The van der Waals surface area contributed by atoms with E-state index in [1.54, 1.807) is 12.1 Å². The summed E-state index contributed by atoms with van der Waals surface area (Å²) in [4.78, 5) is 32.4. The summed E-state index contributed by atoms with van der Waals surface area (Å²) in [7, 11) is 0. The molecule has 0 N–H and O–H groups in total. The van der Waals surface area contributed by atoms with Gasteiger partial charge in [-0.15, -0.1) is 0 Å². The molecule has 0 unspecified atom stereocenters. The van der Waals surface area contributed by atoms with Gasteiger partial charge in [-0.1, -0.05) is 12.1 Å². The van der Waals surface area contributed by atoms with E-state index >= 15 is 0 Å². The third-order valence-corrected chi connectivity index (χ3v) is 6.60. The number of aryl methyl sites for hydroxylation is 1. The molecule has 0 amide bonds. The molecular formula is C26H24F4N6O2. The van der Waals surface area contributed by atoms with E-state index in [0.29, 0.717) is 42.7 Å². The van der Waals surface area contributed by atoms with Crippen molar-refractivity contribution in [1.29, 1.82) is 0 Å². The van der Waals surface area contributed by atoms with Gasteiger partial charge in [-0.3, -0.25) is 19.3 Å². The lowest BCUT2D eigenvalue weighted by Crippen LogP contribution is -2.36. The molecular weight excluding hydrogens is 504 g/mol. The van der Waals surface area contributed by atoms with Crippen molar-refractivity contribution >= 4 is 16.9 Å². The van der Waals surface area contributed by atoms with Crippen molar-refractivity contribution in [3.05, 3.63) is 82.0 Å². The number of benzene rings is 1. The minimum Gasteiger partial charge on any atom is -0.467 e. The lowest BCUT2D eigenvalue weighted by atomic mass is 9.89. The third kappa shape index (κ3) is 5.29. The topological polar surface area (TPSA) is 86.0 Å². The first-order valence-corrected chi connectivity index (χ1v) is 12.0. The van der Waals surface area contributed by atoms with Gasteiger partial charge in [0.2, 0.25) is 5.88 Å². The summed E-state index contributed by atoms with van der Waals surface area (Å²) in [5, 5.41) is 0. The first-order valence-electron chi connectivity index (χ1n) is 12.0. The van der Waals surface area contributed by atoms with Crippen LogP contribution >= 0.6 is 0 Å². The van der Waals surface area contributed by atoms with Crippen LogP contribution < -0.4 is 15.2 Å². The Morgan fingerprint density at radius 3 is 2.47 bits per heavy atom. The number of alkyl halides is 3. The zero-order valence-electron chi connectivity index (χ0n) is 20.5. The number of nitrogens with zero attached hydrogens (tertiary/aromatic N) is 6. The smallest absolute Gasteiger partial charge is 0.422 e. The van der Waals surface area contributed by atoms with E-state index < -0.39 is 12.8 Å². The maximum absolute atomic E-state index is 14.5. The number of anilines is 1. The van der Waals surface area contributed by atoms with Gasteiger partial charge in [0.15, 0.2) is 12.3 Å². The molecule has 198 valence electrons. The molecule has 0 spiro atoms. The number of aromatic nitrogens is 5. The maximum Gasteiger partial charge on any atom is 0.422 e. The quantitative estimate of drug-likeness (QED) is 0.343. The molecule has 1 aromatic carbocycles. The fourth-order valence-electron chi connectivity index (χ4n) is 4.87. The maximum atomic E-state index is 14.5. The fourth-order valence-corrected chi connectivity index (χ4v) is 4.87. The average Bonchev–Trinajstić information content (AvgIpc) is 2.89. The molecule has 0 aliphatic carbocycles. The SMILES string of the molecule is Cc1cccc(F)c1N1CCC(c2cc3nccnc3n(Cc3nccnc3OCC(F)(F)F)c2=O)CC1. The van der Waals surface area contributed by atoms with Crippen LogP contribution in [0.2, 0.25) is 0 Å². The average molecular weight is 529 g/mol. The normalized spacial score (nSPS) is 14.7. The molecule has 1 fully saturated rings. The van der Waals surface area contributed by atoms with Crippen molar-refractivity contribution < 1.29 is 22.3 Å². The Kier molecular flexibility index (Phi) is 6.96. The number of ether oxygens (including phenoxy) is 1. The van der Waals surface area contributed by atoms with Crippen LogP contribution in [0.25, 0.3) is 11.2 Å². The number of fused-ring (bicyclic) bond motifs is 1. The molecule has 0 radical (unpaired) electrons. The van der Waals surface area contributed by atoms with Crippen LogP contribution in [-0.2, 0) is 6.54 Å². The fraction of sp³-hybridized carbons (Fsp3) is 0.346. The van der Waals surface area contributed by atoms with Crippen molar-refractivity contribution in [2.45, 2.75) is 38.4 Å². The minimum absolute atomic E-state index is 0.0628. The van der Waals surface area contributed by atoms with Gasteiger partial charge in [0.1, 0.15) is 17.0 Å². The third-order valence-electron chi connectivity index (χ3n) is 6.60. The number of hydrogen-bond acceptors (Lipinski definition) is 7. The first-order chi connectivity index (χ1) is 18.2. The predicted molar refractivity (Wildman–Crippen MR) is 132 cm³/mol. The number of piperidine rings is 1. The summed E-state index contributed by atoms with van der Waals surface area (Å²) >= 11 is 0. The Bertz CT molecular complexity index is 1500. The highest BCUT2D eigenvalue weighted by Crippen LogP contribution is 2.33. The molecule has 12 heteroatoms. The van der Waals surface area contributed by atoms with Crippen LogP contribution in [0.3, 0.4) is 0 Å². The molecule has 4 aromatic rings. The summed E-state index contributed by atoms with van der Waals surface area (Å²) in [5.41, 5.74) is 2.40. The van der Waals surface area contributed by atoms with E-state index in [-0.39, 0.29) is 41.1 Å². The van der Waals surface area contributed by atoms with Crippen LogP contribution in [0.4, 0.5) is 23.2 Å². The summed E-state index contributed by atoms with van der Waals surface area (Å²) < 4.78 is 58.9. The van der Waals surface area contributed by atoms with Crippen molar-refractivity contribution in [2.75, 3.05) is 24.6 Å². The number of hydrogen-bond donors (Lipinski definition) is 0. The van der Waals surface area contributed by atoms with E-state index in [0.717, 1.165) is 5.56 Å². The second kappa shape index (κ2) is 10.3. The Labute approximate surface area is 215 Å². The van der Waals surface area contributed by atoms with E-state index in [2.05, 4.69) is 19.9 Å². The van der Waals surface area contributed by atoms with Gasteiger partial charge in [-0.25, -0.2) is 14.4 Å². The second-order valence-corrected chi connectivity index (χ2v) is 9.13. The van der Waals surface area contributed by atoms with Crippen molar-refractivity contribution in [1.82, 2.24) is 24.5 Å². The van der Waals surface area contributed by atoms with E-state index in [1.165, 1.54) is 35.4 Å². The molecule has 1 aliphatic heterocycles. The molecule has 8 nitrogen and oxygen atoms in total. The molecule has 4 heterocycles. The number of rotatable bonds is 6. The van der Waals surface area contributed by atoms with Crippen molar-refractivity contribution in [2.24, 2.45) is 0 Å². The monoisotopic (exact) mass is 528 g/mol. The van der Waals surface area contributed by atoms with E-state index in [1.807, 2.05) is 17.9 Å². The zero-order chi connectivity index (χ0) is 26.9. The second-order valence-electron chi connectivity index (χ2n) is 9.13. The van der Waals surface area contributed by atoms with Gasteiger partial charge >= 0.3 is 6.18 Å². The molecule has 1 aliphatic rings. The number of halogens is 4. The molecule has 5 rings (SSSR count). The van der Waals surface area contributed by atoms with Gasteiger partial charge in [0, 0.05) is 43.4 Å². The summed E-state index contributed by atoms with van der Waals surface area (Å²) in [6.45, 7) is 1.25. The lowest BCUT2D eigenvalue weighted by molar-refractivity contribution is -0.154. The lowest BCUT2D eigenvalue weighted by Gasteiger charge is -2.34. The van der Waals surface area contributed by atoms with Crippen LogP contribution in [0, 0.1) is 12.7 Å². The van der Waals surface area contributed by atoms with Gasteiger partial charge < -0.3 is 9.64 Å². The number of pyridine rings is 1. The molecule has 0 bridgehead atoms. The highest BCUT2D eigenvalue weighted by Gasteiger charge is 2.30. The van der Waals surface area contributed by atoms with E-state index in [4.69, 9.17) is 4.74 Å². The van der Waals surface area contributed by atoms with Crippen LogP contribution in [0.5, 0.6) is 5.88 Å². The van der Waals surface area contributed by atoms with Crippen molar-refractivity contribution in [3.63, 3.8) is 0 Å². The van der Waals surface area contributed by atoms with Gasteiger partial charge in [-0.05, 0) is 43.4 Å². The zero-order valence-corrected chi connectivity index (χ0v) is 20.5. The number of para-hydroxylation sites is 1. The molecule has 3 aromatic heterocycles. The summed E-state index contributed by atoms with van der Waals surface area (Å²) in [5.74, 6) is -0.710. The standard InChI is InChI=1S/C26H24F4N6O2/c1-16-3-2-4-19(27)22(16)35-11-5-17(6-12-35)18-13-20-23(33-9-7-31-20)36(25(18)37)14-21-24(34-10-8-32-21)38-15-26(28,29)30/h2-4,7-10,13,17H,5-6,11-12,14-15H2,1H3. The largest absolute Gasteiger partial charge is 0.467 e. The first kappa shape index (κ1) is 25.6. The predicted octanol–water partition coefficient (Wildman–Crippen LogP) is 4.40. The van der Waals surface area contributed by atoms with E-state index in [9.17, 15) is 22.4 Å². The highest BCUT2D eigenvalue weighted by atomic mass is 19.4.